The second-order valence-corrected chi connectivity index (χ2v) is 6.88. The summed E-state index contributed by atoms with van der Waals surface area (Å²) in [7, 11) is 0. The standard InChI is InChI=1S/C21H29N7/c1-4-20-27-26-15-28(20)12-11-23-21(25-13-16(2)3)22-10-9-17-14-24-19-8-6-5-7-18(17)19/h5-8,14-15,24H,2,4,9-13H2,1,3H3,(H2,22,23,25). The molecule has 7 nitrogen and oxygen atoms in total. The first-order valence-electron chi connectivity index (χ1n) is 9.75. The van der Waals surface area contributed by atoms with Crippen LogP contribution in [-0.4, -0.2) is 45.3 Å². The number of nitrogens with zero attached hydrogens (tertiary/aromatic N) is 4. The second-order valence-electron chi connectivity index (χ2n) is 6.88. The van der Waals surface area contributed by atoms with E-state index in [0.717, 1.165) is 49.8 Å². The number of H-pyrrole nitrogens is 1. The van der Waals surface area contributed by atoms with Crippen molar-refractivity contribution in [3.8, 4) is 0 Å². The van der Waals surface area contributed by atoms with Gasteiger partial charge in [-0.15, -0.1) is 10.2 Å². The zero-order chi connectivity index (χ0) is 19.8. The predicted molar refractivity (Wildman–Crippen MR) is 115 cm³/mol. The van der Waals surface area contributed by atoms with Gasteiger partial charge in [0.2, 0.25) is 0 Å². The Morgan fingerprint density at radius 2 is 2.07 bits per heavy atom. The normalized spacial score (nSPS) is 11.7. The summed E-state index contributed by atoms with van der Waals surface area (Å²) >= 11 is 0. The second kappa shape index (κ2) is 9.73. The number of aromatic nitrogens is 4. The SMILES string of the molecule is C=C(C)CN=C(NCCc1c[nH]c2ccccc12)NCCn1cnnc1CC. The summed E-state index contributed by atoms with van der Waals surface area (Å²) in [4.78, 5) is 7.94. The van der Waals surface area contributed by atoms with Crippen LogP contribution >= 0.6 is 0 Å². The smallest absolute Gasteiger partial charge is 0.191 e. The van der Waals surface area contributed by atoms with E-state index < -0.39 is 0 Å². The van der Waals surface area contributed by atoms with Gasteiger partial charge in [0.1, 0.15) is 12.2 Å². The van der Waals surface area contributed by atoms with Crippen LogP contribution in [-0.2, 0) is 19.4 Å². The highest BCUT2D eigenvalue weighted by Crippen LogP contribution is 2.17. The molecule has 0 bridgehead atoms. The minimum absolute atomic E-state index is 0.606. The summed E-state index contributed by atoms with van der Waals surface area (Å²) in [5.41, 5.74) is 3.51. The number of para-hydroxylation sites is 1. The summed E-state index contributed by atoms with van der Waals surface area (Å²) < 4.78 is 2.06. The summed E-state index contributed by atoms with van der Waals surface area (Å²) in [5, 5.41) is 16.2. The van der Waals surface area contributed by atoms with E-state index in [0.29, 0.717) is 6.54 Å². The first-order valence-corrected chi connectivity index (χ1v) is 9.75. The van der Waals surface area contributed by atoms with Crippen LogP contribution in [0.4, 0.5) is 0 Å². The van der Waals surface area contributed by atoms with Crippen LogP contribution in [0.3, 0.4) is 0 Å². The summed E-state index contributed by atoms with van der Waals surface area (Å²) in [6, 6.07) is 8.37. The number of guanidine groups is 1. The average Bonchev–Trinajstić information content (AvgIpc) is 3.32. The maximum atomic E-state index is 4.61. The van der Waals surface area contributed by atoms with Gasteiger partial charge in [-0.2, -0.15) is 0 Å². The molecule has 0 saturated heterocycles. The van der Waals surface area contributed by atoms with Crippen molar-refractivity contribution >= 4 is 16.9 Å². The number of benzene rings is 1. The lowest BCUT2D eigenvalue weighted by Crippen LogP contribution is -2.40. The Kier molecular flexibility index (Phi) is 6.84. The molecule has 0 saturated carbocycles. The number of fused-ring (bicyclic) bond motifs is 1. The monoisotopic (exact) mass is 379 g/mol. The highest BCUT2D eigenvalue weighted by molar-refractivity contribution is 5.83. The molecule has 0 aliphatic heterocycles. The van der Waals surface area contributed by atoms with Crippen LogP contribution < -0.4 is 10.6 Å². The minimum atomic E-state index is 0.606. The van der Waals surface area contributed by atoms with Gasteiger partial charge >= 0.3 is 0 Å². The van der Waals surface area contributed by atoms with Crippen LogP contribution in [0.2, 0.25) is 0 Å². The van der Waals surface area contributed by atoms with Gasteiger partial charge in [0.05, 0.1) is 6.54 Å². The van der Waals surface area contributed by atoms with Crippen LogP contribution in [0.5, 0.6) is 0 Å². The molecule has 0 spiro atoms. The van der Waals surface area contributed by atoms with Crippen LogP contribution in [0.25, 0.3) is 10.9 Å². The van der Waals surface area contributed by atoms with E-state index in [9.17, 15) is 0 Å². The maximum Gasteiger partial charge on any atom is 0.191 e. The van der Waals surface area contributed by atoms with Crippen LogP contribution in [0.1, 0.15) is 25.2 Å². The number of aryl methyl sites for hydroxylation is 1. The van der Waals surface area contributed by atoms with Gasteiger partial charge in [-0.1, -0.05) is 37.3 Å². The molecule has 3 aromatic rings. The van der Waals surface area contributed by atoms with Gasteiger partial charge in [0, 0.05) is 43.2 Å². The molecule has 148 valence electrons. The molecular formula is C21H29N7. The minimum Gasteiger partial charge on any atom is -0.361 e. The highest BCUT2D eigenvalue weighted by Gasteiger charge is 2.05. The van der Waals surface area contributed by atoms with Crippen molar-refractivity contribution in [1.82, 2.24) is 30.4 Å². The fraction of sp³-hybridized carbons (Fsp3) is 0.381. The zero-order valence-corrected chi connectivity index (χ0v) is 16.7. The first-order chi connectivity index (χ1) is 13.7. The molecule has 0 aliphatic rings. The Labute approximate surface area is 166 Å². The molecule has 2 aromatic heterocycles. The lowest BCUT2D eigenvalue weighted by Gasteiger charge is -2.13. The lowest BCUT2D eigenvalue weighted by molar-refractivity contribution is 0.632. The molecule has 7 heteroatoms. The largest absolute Gasteiger partial charge is 0.361 e. The lowest BCUT2D eigenvalue weighted by atomic mass is 10.1. The summed E-state index contributed by atoms with van der Waals surface area (Å²) in [6.07, 6.45) is 5.65. The highest BCUT2D eigenvalue weighted by atomic mass is 15.3. The Morgan fingerprint density at radius 3 is 2.89 bits per heavy atom. The van der Waals surface area contributed by atoms with Crippen LogP contribution in [0, 0.1) is 0 Å². The molecular weight excluding hydrogens is 350 g/mol. The number of nitrogens with one attached hydrogen (secondary N) is 3. The van der Waals surface area contributed by atoms with Gasteiger partial charge in [0.25, 0.3) is 0 Å². The molecule has 0 atom stereocenters. The summed E-state index contributed by atoms with van der Waals surface area (Å²) in [5.74, 6) is 1.79. The van der Waals surface area contributed by atoms with E-state index >= 15 is 0 Å². The molecule has 1 aromatic carbocycles. The third-order valence-electron chi connectivity index (χ3n) is 4.53. The van der Waals surface area contributed by atoms with Crippen molar-refractivity contribution in [2.45, 2.75) is 33.2 Å². The molecule has 0 aliphatic carbocycles. The molecule has 3 rings (SSSR count). The molecule has 0 amide bonds. The van der Waals surface area contributed by atoms with Gasteiger partial charge < -0.3 is 20.2 Å². The molecule has 2 heterocycles. The number of hydrogen-bond donors (Lipinski definition) is 3. The van der Waals surface area contributed by atoms with Crippen molar-refractivity contribution in [1.29, 1.82) is 0 Å². The fourth-order valence-electron chi connectivity index (χ4n) is 3.08. The Hall–Kier alpha value is -3.09. The van der Waals surface area contributed by atoms with E-state index in [-0.39, 0.29) is 0 Å². The van der Waals surface area contributed by atoms with Gasteiger partial charge in [0.15, 0.2) is 5.96 Å². The van der Waals surface area contributed by atoms with Crippen molar-refractivity contribution < 1.29 is 0 Å². The fourth-order valence-corrected chi connectivity index (χ4v) is 3.08. The summed E-state index contributed by atoms with van der Waals surface area (Å²) in [6.45, 7) is 11.0. The van der Waals surface area contributed by atoms with Crippen molar-refractivity contribution in [2.75, 3.05) is 19.6 Å². The Bertz CT molecular complexity index is 935. The van der Waals surface area contributed by atoms with Crippen molar-refractivity contribution in [3.05, 3.63) is 60.3 Å². The first kappa shape index (κ1) is 19.7. The molecule has 0 unspecified atom stereocenters. The number of hydrogen-bond acceptors (Lipinski definition) is 3. The van der Waals surface area contributed by atoms with E-state index in [1.165, 1.54) is 16.5 Å². The molecule has 0 fully saturated rings. The van der Waals surface area contributed by atoms with E-state index in [2.05, 4.69) is 73.3 Å². The Morgan fingerprint density at radius 1 is 1.25 bits per heavy atom. The van der Waals surface area contributed by atoms with E-state index in [4.69, 9.17) is 0 Å². The van der Waals surface area contributed by atoms with Crippen molar-refractivity contribution in [3.63, 3.8) is 0 Å². The predicted octanol–water partition coefficient (Wildman–Crippen LogP) is 2.68. The van der Waals surface area contributed by atoms with E-state index in [1.54, 1.807) is 6.33 Å². The number of aliphatic imine (C=N–C) groups is 1. The quantitative estimate of drug-likeness (QED) is 0.303. The Balaban J connectivity index is 1.54. The molecule has 0 radical (unpaired) electrons. The van der Waals surface area contributed by atoms with Gasteiger partial charge in [-0.25, -0.2) is 4.99 Å². The molecule has 3 N–H and O–H groups in total. The van der Waals surface area contributed by atoms with E-state index in [1.807, 2.05) is 13.0 Å². The van der Waals surface area contributed by atoms with Crippen molar-refractivity contribution in [2.24, 2.45) is 4.99 Å². The van der Waals surface area contributed by atoms with Gasteiger partial charge in [-0.05, 0) is 25.0 Å². The number of aromatic amines is 1. The number of rotatable bonds is 9. The third-order valence-corrected chi connectivity index (χ3v) is 4.53. The average molecular weight is 380 g/mol. The maximum absolute atomic E-state index is 4.61. The third kappa shape index (κ3) is 5.22. The zero-order valence-electron chi connectivity index (χ0n) is 16.7. The molecule has 28 heavy (non-hydrogen) atoms. The topological polar surface area (TPSA) is 82.9 Å². The van der Waals surface area contributed by atoms with Crippen LogP contribution in [0.15, 0.2) is 53.9 Å². The van der Waals surface area contributed by atoms with Gasteiger partial charge in [-0.3, -0.25) is 0 Å².